The minimum Gasteiger partial charge on any atom is -0.338 e. The van der Waals surface area contributed by atoms with Crippen LogP contribution in [0.25, 0.3) is 0 Å². The van der Waals surface area contributed by atoms with E-state index in [1.807, 2.05) is 52.7 Å². The van der Waals surface area contributed by atoms with Crippen molar-refractivity contribution in [2.75, 3.05) is 24.5 Å². The van der Waals surface area contributed by atoms with Gasteiger partial charge in [0, 0.05) is 31.2 Å². The lowest BCUT2D eigenvalue weighted by Crippen LogP contribution is -2.44. The molecule has 1 aliphatic rings. The molecule has 2 heterocycles. The number of amides is 2. The molecule has 25 heavy (non-hydrogen) atoms. The molecular formula is C20H22N2O2S. The Morgan fingerprint density at radius 2 is 1.88 bits per heavy atom. The summed E-state index contributed by atoms with van der Waals surface area (Å²) >= 11 is 1.46. The molecule has 0 aliphatic carbocycles. The Morgan fingerprint density at radius 3 is 2.48 bits per heavy atom. The Kier molecular flexibility index (Phi) is 5.66. The predicted molar refractivity (Wildman–Crippen MR) is 102 cm³/mol. The maximum absolute atomic E-state index is 13.0. The Morgan fingerprint density at radius 1 is 1.16 bits per heavy atom. The molecule has 1 aliphatic heterocycles. The number of carbonyl (C=O) groups is 2. The van der Waals surface area contributed by atoms with Crippen molar-refractivity contribution >= 4 is 28.8 Å². The van der Waals surface area contributed by atoms with E-state index < -0.39 is 0 Å². The summed E-state index contributed by atoms with van der Waals surface area (Å²) in [7, 11) is 0. The lowest BCUT2D eigenvalue weighted by Gasteiger charge is -2.34. The molecule has 0 atom stereocenters. The van der Waals surface area contributed by atoms with Gasteiger partial charge in [-0.25, -0.2) is 0 Å². The first-order chi connectivity index (χ1) is 12.2. The first-order valence-corrected chi connectivity index (χ1v) is 9.38. The number of piperidine rings is 1. The van der Waals surface area contributed by atoms with Gasteiger partial charge < -0.3 is 9.80 Å². The zero-order chi connectivity index (χ0) is 17.6. The summed E-state index contributed by atoms with van der Waals surface area (Å²) < 4.78 is 0. The number of benzene rings is 1. The number of thiophene rings is 1. The van der Waals surface area contributed by atoms with Crippen LogP contribution in [0.5, 0.6) is 0 Å². The molecule has 0 bridgehead atoms. The lowest BCUT2D eigenvalue weighted by atomic mass is 9.94. The lowest BCUT2D eigenvalue weighted by molar-refractivity contribution is -0.123. The fourth-order valence-corrected chi connectivity index (χ4v) is 3.86. The van der Waals surface area contributed by atoms with Crippen LogP contribution in [0.2, 0.25) is 0 Å². The molecule has 4 nitrogen and oxygen atoms in total. The van der Waals surface area contributed by atoms with Gasteiger partial charge in [0.2, 0.25) is 5.91 Å². The van der Waals surface area contributed by atoms with Gasteiger partial charge in [-0.15, -0.1) is 17.9 Å². The maximum Gasteiger partial charge on any atom is 0.263 e. The average molecular weight is 354 g/mol. The summed E-state index contributed by atoms with van der Waals surface area (Å²) in [4.78, 5) is 29.8. The second-order valence-electron chi connectivity index (χ2n) is 6.12. The van der Waals surface area contributed by atoms with Gasteiger partial charge in [-0.05, 0) is 36.4 Å². The van der Waals surface area contributed by atoms with Crippen molar-refractivity contribution in [2.24, 2.45) is 5.92 Å². The molecule has 0 spiro atoms. The smallest absolute Gasteiger partial charge is 0.263 e. The van der Waals surface area contributed by atoms with Gasteiger partial charge in [-0.3, -0.25) is 9.59 Å². The fourth-order valence-electron chi connectivity index (χ4n) is 3.17. The average Bonchev–Trinajstić information content (AvgIpc) is 3.20. The standard InChI is InChI=1S/C20H22N2O2S/c1-2-12-22(17-7-4-3-5-8-17)19(23)16-10-13-21(14-11-16)20(24)18-9-6-15-25-18/h2-9,15-16H,1,10-14H2. The van der Waals surface area contributed by atoms with Gasteiger partial charge >= 0.3 is 0 Å². The summed E-state index contributed by atoms with van der Waals surface area (Å²) in [5, 5.41) is 1.91. The van der Waals surface area contributed by atoms with Crippen LogP contribution in [-0.2, 0) is 4.79 Å². The number of hydrogen-bond donors (Lipinski definition) is 0. The van der Waals surface area contributed by atoms with E-state index in [4.69, 9.17) is 0 Å². The second kappa shape index (κ2) is 8.12. The monoisotopic (exact) mass is 354 g/mol. The molecule has 1 fully saturated rings. The first-order valence-electron chi connectivity index (χ1n) is 8.51. The third kappa shape index (κ3) is 3.99. The van der Waals surface area contributed by atoms with Crippen LogP contribution in [0.4, 0.5) is 5.69 Å². The molecule has 1 aromatic carbocycles. The quantitative estimate of drug-likeness (QED) is 0.766. The molecule has 0 N–H and O–H groups in total. The molecule has 130 valence electrons. The zero-order valence-corrected chi connectivity index (χ0v) is 15.0. The van der Waals surface area contributed by atoms with E-state index in [0.29, 0.717) is 32.5 Å². The third-order valence-corrected chi connectivity index (χ3v) is 5.37. The highest BCUT2D eigenvalue weighted by Gasteiger charge is 2.31. The van der Waals surface area contributed by atoms with E-state index >= 15 is 0 Å². The highest BCUT2D eigenvalue weighted by atomic mass is 32.1. The summed E-state index contributed by atoms with van der Waals surface area (Å²) in [5.74, 6) is 0.147. The summed E-state index contributed by atoms with van der Waals surface area (Å²) in [6.45, 7) is 5.53. The molecular weight excluding hydrogens is 332 g/mol. The zero-order valence-electron chi connectivity index (χ0n) is 14.1. The maximum atomic E-state index is 13.0. The van der Waals surface area contributed by atoms with E-state index in [1.54, 1.807) is 11.0 Å². The van der Waals surface area contributed by atoms with Gasteiger partial charge in [0.25, 0.3) is 5.91 Å². The van der Waals surface area contributed by atoms with Crippen LogP contribution in [0.15, 0.2) is 60.5 Å². The van der Waals surface area contributed by atoms with Crippen LogP contribution in [0, 0.1) is 5.92 Å². The van der Waals surface area contributed by atoms with Crippen LogP contribution in [-0.4, -0.2) is 36.3 Å². The fraction of sp³-hybridized carbons (Fsp3) is 0.300. The minimum absolute atomic E-state index is 0.0486. The van der Waals surface area contributed by atoms with Crippen molar-refractivity contribution < 1.29 is 9.59 Å². The van der Waals surface area contributed by atoms with Crippen LogP contribution in [0.1, 0.15) is 22.5 Å². The molecule has 2 aromatic rings. The largest absolute Gasteiger partial charge is 0.338 e. The number of para-hydroxylation sites is 1. The highest BCUT2D eigenvalue weighted by Crippen LogP contribution is 2.25. The molecule has 2 amide bonds. The molecule has 0 saturated carbocycles. The van der Waals surface area contributed by atoms with Crippen molar-refractivity contribution in [1.82, 2.24) is 4.90 Å². The molecule has 3 rings (SSSR count). The third-order valence-electron chi connectivity index (χ3n) is 4.51. The number of anilines is 1. The van der Waals surface area contributed by atoms with Crippen LogP contribution in [0.3, 0.4) is 0 Å². The Hall–Kier alpha value is -2.40. The summed E-state index contributed by atoms with van der Waals surface area (Å²) in [6.07, 6.45) is 3.16. The van der Waals surface area contributed by atoms with Crippen molar-refractivity contribution in [3.05, 3.63) is 65.4 Å². The molecule has 1 saturated heterocycles. The van der Waals surface area contributed by atoms with E-state index in [9.17, 15) is 9.59 Å². The van der Waals surface area contributed by atoms with Crippen molar-refractivity contribution in [2.45, 2.75) is 12.8 Å². The Labute approximate surface area is 152 Å². The van der Waals surface area contributed by atoms with E-state index in [1.165, 1.54) is 11.3 Å². The first kappa shape index (κ1) is 17.4. The number of rotatable bonds is 5. The predicted octanol–water partition coefficient (Wildman–Crippen LogP) is 3.82. The number of nitrogens with zero attached hydrogens (tertiary/aromatic N) is 2. The summed E-state index contributed by atoms with van der Waals surface area (Å²) in [5.41, 5.74) is 0.893. The second-order valence-corrected chi connectivity index (χ2v) is 7.06. The van der Waals surface area contributed by atoms with Gasteiger partial charge in [0.1, 0.15) is 0 Å². The topological polar surface area (TPSA) is 40.6 Å². The van der Waals surface area contributed by atoms with Crippen molar-refractivity contribution in [3.8, 4) is 0 Å². The Balaban J connectivity index is 1.64. The molecule has 0 unspecified atom stereocenters. The number of likely N-dealkylation sites (tertiary alicyclic amines) is 1. The van der Waals surface area contributed by atoms with E-state index in [0.717, 1.165) is 10.6 Å². The normalized spacial score (nSPS) is 15.0. The number of carbonyl (C=O) groups excluding carboxylic acids is 2. The van der Waals surface area contributed by atoms with Crippen LogP contribution >= 0.6 is 11.3 Å². The Bertz CT molecular complexity index is 719. The van der Waals surface area contributed by atoms with Crippen molar-refractivity contribution in [3.63, 3.8) is 0 Å². The van der Waals surface area contributed by atoms with Crippen molar-refractivity contribution in [1.29, 1.82) is 0 Å². The molecule has 0 radical (unpaired) electrons. The van der Waals surface area contributed by atoms with Gasteiger partial charge in [0.05, 0.1) is 4.88 Å². The van der Waals surface area contributed by atoms with E-state index in [-0.39, 0.29) is 17.7 Å². The highest BCUT2D eigenvalue weighted by molar-refractivity contribution is 7.12. The molecule has 1 aromatic heterocycles. The minimum atomic E-state index is -0.0486. The van der Waals surface area contributed by atoms with Gasteiger partial charge in [0.15, 0.2) is 0 Å². The van der Waals surface area contributed by atoms with Crippen LogP contribution < -0.4 is 4.90 Å². The van der Waals surface area contributed by atoms with Gasteiger partial charge in [-0.1, -0.05) is 30.3 Å². The van der Waals surface area contributed by atoms with E-state index in [2.05, 4.69) is 6.58 Å². The van der Waals surface area contributed by atoms with Gasteiger partial charge in [-0.2, -0.15) is 0 Å². The number of hydrogen-bond acceptors (Lipinski definition) is 3. The summed E-state index contributed by atoms with van der Waals surface area (Å²) in [6, 6.07) is 13.4. The molecule has 5 heteroatoms. The SMILES string of the molecule is C=CCN(C(=O)C1CCN(C(=O)c2cccs2)CC1)c1ccccc1.